The van der Waals surface area contributed by atoms with E-state index in [-0.39, 0.29) is 23.6 Å². The molecule has 1 saturated heterocycles. The lowest BCUT2D eigenvalue weighted by atomic mass is 9.94. The van der Waals surface area contributed by atoms with E-state index in [9.17, 15) is 18.4 Å². The van der Waals surface area contributed by atoms with Gasteiger partial charge < -0.3 is 9.64 Å². The molecule has 1 N–H and O–H groups in total. The fraction of sp³-hybridized carbons (Fsp3) is 0.346. The van der Waals surface area contributed by atoms with Crippen molar-refractivity contribution in [1.82, 2.24) is 19.7 Å². The van der Waals surface area contributed by atoms with E-state index in [0.29, 0.717) is 29.1 Å². The van der Waals surface area contributed by atoms with Gasteiger partial charge in [-0.1, -0.05) is 6.07 Å². The van der Waals surface area contributed by atoms with Crippen molar-refractivity contribution in [3.05, 3.63) is 59.9 Å². The van der Waals surface area contributed by atoms with Gasteiger partial charge in [0.25, 0.3) is 0 Å². The van der Waals surface area contributed by atoms with Crippen molar-refractivity contribution in [2.75, 3.05) is 24.6 Å². The summed E-state index contributed by atoms with van der Waals surface area (Å²) in [5, 5.41) is 12.3. The summed E-state index contributed by atoms with van der Waals surface area (Å²) in [5.41, 5.74) is 1.15. The van der Waals surface area contributed by atoms with E-state index in [1.165, 1.54) is 6.07 Å². The number of nitrogens with zero attached hydrogens (tertiary/aromatic N) is 5. The minimum Gasteiger partial charge on any atom is -0.493 e. The summed E-state index contributed by atoms with van der Waals surface area (Å²) in [5.74, 6) is 1.15. The normalized spacial score (nSPS) is 14.8. The highest BCUT2D eigenvalue weighted by Gasteiger charge is 2.35. The van der Waals surface area contributed by atoms with E-state index < -0.39 is 11.7 Å². The number of aromatic nitrogens is 4. The monoisotopic (exact) mass is 494 g/mol. The average Bonchev–Trinajstić information content (AvgIpc) is 2.88. The zero-order valence-corrected chi connectivity index (χ0v) is 19.7. The van der Waals surface area contributed by atoms with Crippen LogP contribution in [-0.4, -0.2) is 39.4 Å². The van der Waals surface area contributed by atoms with Gasteiger partial charge in [-0.05, 0) is 61.6 Å². The zero-order valence-electron chi connectivity index (χ0n) is 19.7. The first-order chi connectivity index (χ1) is 17.3. The number of fused-ring (bicyclic) bond motifs is 1. The van der Waals surface area contributed by atoms with Crippen LogP contribution in [0.5, 0.6) is 5.75 Å². The van der Waals surface area contributed by atoms with Gasteiger partial charge in [0.15, 0.2) is 5.69 Å². The second-order valence-electron chi connectivity index (χ2n) is 9.00. The highest BCUT2D eigenvalue weighted by atomic mass is 19.4. The standard InChI is InChI=1S/C26H25F3N6O/c1-34-22-15-20(32-21(16-30)25(22)33-34)18-5-6-23(19(14-18)26(27,28)29)36-13-9-17-7-11-35(12-8-17)24-4-2-3-10-31-24/h2-6,10,14-15,17,33H,7-9,11-13H2,1H3. The van der Waals surface area contributed by atoms with Crippen LogP contribution in [0.4, 0.5) is 19.0 Å². The quantitative estimate of drug-likeness (QED) is 0.381. The summed E-state index contributed by atoms with van der Waals surface area (Å²) < 4.78 is 49.1. The molecule has 4 heterocycles. The van der Waals surface area contributed by atoms with Crippen LogP contribution in [0.25, 0.3) is 22.3 Å². The van der Waals surface area contributed by atoms with Crippen molar-refractivity contribution in [2.24, 2.45) is 13.0 Å². The van der Waals surface area contributed by atoms with Crippen LogP contribution in [0.15, 0.2) is 48.7 Å². The fourth-order valence-electron chi connectivity index (χ4n) is 4.67. The molecule has 1 aromatic carbocycles. The average molecular weight is 495 g/mol. The molecule has 10 heteroatoms. The van der Waals surface area contributed by atoms with Crippen LogP contribution in [0.3, 0.4) is 0 Å². The van der Waals surface area contributed by atoms with E-state index >= 15 is 0 Å². The maximum atomic E-state index is 13.9. The van der Waals surface area contributed by atoms with E-state index in [4.69, 9.17) is 4.74 Å². The molecular weight excluding hydrogens is 469 g/mol. The summed E-state index contributed by atoms with van der Waals surface area (Å²) >= 11 is 0. The number of hydrogen-bond acceptors (Lipinski definition) is 5. The van der Waals surface area contributed by atoms with Gasteiger partial charge >= 0.3 is 6.18 Å². The summed E-state index contributed by atoms with van der Waals surface area (Å²) in [7, 11) is 1.76. The fourth-order valence-corrected chi connectivity index (χ4v) is 4.67. The Morgan fingerprint density at radius 1 is 1.17 bits per heavy atom. The van der Waals surface area contributed by atoms with Gasteiger partial charge in [-0.2, -0.15) is 18.4 Å². The molecule has 186 valence electrons. The number of piperidine rings is 1. The summed E-state index contributed by atoms with van der Waals surface area (Å²) in [6.45, 7) is 1.95. The second kappa shape index (κ2) is 9.57. The van der Waals surface area contributed by atoms with Gasteiger partial charge in [-0.25, -0.2) is 9.97 Å². The lowest BCUT2D eigenvalue weighted by Crippen LogP contribution is -2.34. The number of alkyl halides is 3. The number of nitrogens with one attached hydrogen (secondary N) is 1. The molecular formula is C26H25F3N6O. The molecule has 1 aliphatic heterocycles. The van der Waals surface area contributed by atoms with Crippen LogP contribution < -0.4 is 9.64 Å². The first-order valence-corrected chi connectivity index (χ1v) is 11.8. The molecule has 0 amide bonds. The molecule has 7 nitrogen and oxygen atoms in total. The highest BCUT2D eigenvalue weighted by molar-refractivity contribution is 5.85. The molecule has 1 aliphatic rings. The molecule has 1 fully saturated rings. The molecule has 0 unspecified atom stereocenters. The van der Waals surface area contributed by atoms with Crippen LogP contribution in [0.2, 0.25) is 0 Å². The molecule has 0 radical (unpaired) electrons. The number of aryl methyl sites for hydroxylation is 1. The number of hydrogen-bond donors (Lipinski definition) is 1. The first kappa shape index (κ1) is 23.7. The minimum atomic E-state index is -4.59. The van der Waals surface area contributed by atoms with Gasteiger partial charge in [0, 0.05) is 31.9 Å². The van der Waals surface area contributed by atoms with E-state index in [2.05, 4.69) is 20.0 Å². The van der Waals surface area contributed by atoms with Crippen molar-refractivity contribution in [3.63, 3.8) is 0 Å². The Balaban J connectivity index is 1.27. The predicted molar refractivity (Wildman–Crippen MR) is 130 cm³/mol. The van der Waals surface area contributed by atoms with Gasteiger partial charge in [0.05, 0.1) is 23.4 Å². The van der Waals surface area contributed by atoms with E-state index in [0.717, 1.165) is 37.8 Å². The summed E-state index contributed by atoms with van der Waals surface area (Å²) in [6, 6.07) is 13.4. The number of H-pyrrole nitrogens is 1. The molecule has 3 aromatic heterocycles. The molecule has 36 heavy (non-hydrogen) atoms. The van der Waals surface area contributed by atoms with Crippen LogP contribution in [-0.2, 0) is 13.2 Å². The maximum Gasteiger partial charge on any atom is 0.419 e. The molecule has 0 saturated carbocycles. The third-order valence-electron chi connectivity index (χ3n) is 6.70. The van der Waals surface area contributed by atoms with Gasteiger partial charge in [-0.15, -0.1) is 0 Å². The lowest BCUT2D eigenvalue weighted by molar-refractivity contribution is -0.138. The first-order valence-electron chi connectivity index (χ1n) is 11.8. The number of ether oxygens (including phenoxy) is 1. The third-order valence-corrected chi connectivity index (χ3v) is 6.70. The van der Waals surface area contributed by atoms with Gasteiger partial charge in [-0.3, -0.25) is 9.78 Å². The third kappa shape index (κ3) is 4.73. The SMILES string of the molecule is Cn1[nH]c2c(C#N)nc(-c3ccc(OCCC4CCN(c5ccccn5)CC4)c(C(F)(F)F)c3)cc21. The molecule has 5 rings (SSSR count). The Kier molecular flexibility index (Phi) is 6.31. The van der Waals surface area contributed by atoms with Crippen molar-refractivity contribution < 1.29 is 17.9 Å². The Hall–Kier alpha value is -4.00. The van der Waals surface area contributed by atoms with Gasteiger partial charge in [0.1, 0.15) is 23.2 Å². The topological polar surface area (TPSA) is 82.8 Å². The number of pyridine rings is 2. The summed E-state index contributed by atoms with van der Waals surface area (Å²) in [4.78, 5) is 10.9. The second-order valence-corrected chi connectivity index (χ2v) is 9.00. The van der Waals surface area contributed by atoms with Crippen molar-refractivity contribution in [1.29, 1.82) is 5.26 Å². The molecule has 0 spiro atoms. The Labute approximate surface area is 206 Å². The molecule has 0 atom stereocenters. The van der Waals surface area contributed by atoms with Crippen molar-refractivity contribution >= 4 is 16.9 Å². The number of anilines is 1. The van der Waals surface area contributed by atoms with Crippen LogP contribution >= 0.6 is 0 Å². The Bertz CT molecular complexity index is 1400. The number of rotatable bonds is 6. The Morgan fingerprint density at radius 3 is 2.64 bits per heavy atom. The van der Waals surface area contributed by atoms with Crippen LogP contribution in [0.1, 0.15) is 30.5 Å². The van der Waals surface area contributed by atoms with Gasteiger partial charge in [0.2, 0.25) is 0 Å². The number of halogens is 3. The van der Waals surface area contributed by atoms with E-state index in [1.807, 2.05) is 24.3 Å². The van der Waals surface area contributed by atoms with E-state index in [1.54, 1.807) is 30.1 Å². The summed E-state index contributed by atoms with van der Waals surface area (Å²) in [6.07, 6.45) is -0.239. The smallest absolute Gasteiger partial charge is 0.419 e. The molecule has 4 aromatic rings. The number of nitriles is 1. The molecule has 0 aliphatic carbocycles. The van der Waals surface area contributed by atoms with Crippen molar-refractivity contribution in [3.8, 4) is 23.1 Å². The predicted octanol–water partition coefficient (Wildman–Crippen LogP) is 5.54. The zero-order chi connectivity index (χ0) is 25.3. The lowest BCUT2D eigenvalue weighted by Gasteiger charge is -2.32. The largest absolute Gasteiger partial charge is 0.493 e. The number of benzene rings is 1. The van der Waals surface area contributed by atoms with Crippen LogP contribution in [0, 0.1) is 17.2 Å². The van der Waals surface area contributed by atoms with Crippen molar-refractivity contribution in [2.45, 2.75) is 25.4 Å². The molecule has 0 bridgehead atoms. The minimum absolute atomic E-state index is 0.142. The number of aromatic amines is 1. The Morgan fingerprint density at radius 2 is 1.97 bits per heavy atom. The maximum absolute atomic E-state index is 13.9. The highest BCUT2D eigenvalue weighted by Crippen LogP contribution is 2.39.